The fourth-order valence-electron chi connectivity index (χ4n) is 3.82. The predicted molar refractivity (Wildman–Crippen MR) is 127 cm³/mol. The Morgan fingerprint density at radius 2 is 1.62 bits per heavy atom. The third-order valence-electron chi connectivity index (χ3n) is 5.88. The number of phenols is 1. The fourth-order valence-corrected chi connectivity index (χ4v) is 3.82. The molecular formula is C26H38N2O4. The average molecular weight is 443 g/mol. The van der Waals surface area contributed by atoms with Crippen LogP contribution in [0.3, 0.4) is 0 Å². The molecule has 6 heteroatoms. The molecule has 0 saturated heterocycles. The van der Waals surface area contributed by atoms with E-state index in [1.807, 2.05) is 0 Å². The van der Waals surface area contributed by atoms with Gasteiger partial charge in [0, 0.05) is 31.8 Å². The summed E-state index contributed by atoms with van der Waals surface area (Å²) in [5.74, 6) is -0.627. The standard InChI is InChI=1S/C26H38N2O4/c1-17-23(31)21(29)10-13-28(17)14-11-22(30)27-12-8-9-18-15-19(25(2,3)4)24(32)20(16-18)26(5,6)7/h10,13,15-17,32H,8-9,11-12,14H2,1-7H3,(H,27,30). The topological polar surface area (TPSA) is 86.7 Å². The molecule has 1 atom stereocenters. The van der Waals surface area contributed by atoms with Gasteiger partial charge in [0.1, 0.15) is 5.75 Å². The maximum Gasteiger partial charge on any atom is 0.225 e. The Labute approximate surface area is 192 Å². The minimum Gasteiger partial charge on any atom is -0.507 e. The number of hydrogen-bond acceptors (Lipinski definition) is 5. The largest absolute Gasteiger partial charge is 0.507 e. The number of aryl methyl sites for hydroxylation is 1. The van der Waals surface area contributed by atoms with E-state index in [9.17, 15) is 19.5 Å². The maximum atomic E-state index is 12.2. The van der Waals surface area contributed by atoms with E-state index in [4.69, 9.17) is 0 Å². The summed E-state index contributed by atoms with van der Waals surface area (Å²) in [4.78, 5) is 37.1. The van der Waals surface area contributed by atoms with E-state index < -0.39 is 17.6 Å². The summed E-state index contributed by atoms with van der Waals surface area (Å²) in [6.07, 6.45) is 4.70. The van der Waals surface area contributed by atoms with Crippen molar-refractivity contribution in [3.05, 3.63) is 41.1 Å². The molecule has 0 spiro atoms. The number of hydrogen-bond donors (Lipinski definition) is 2. The molecular weight excluding hydrogens is 404 g/mol. The number of Topliss-reactive ketones (excluding diaryl/α,β-unsaturated/α-hetero) is 1. The molecule has 1 aromatic carbocycles. The predicted octanol–water partition coefficient (Wildman–Crippen LogP) is 3.78. The second-order valence-electron chi connectivity index (χ2n) is 10.7. The van der Waals surface area contributed by atoms with Gasteiger partial charge in [0.15, 0.2) is 0 Å². The second-order valence-corrected chi connectivity index (χ2v) is 10.7. The number of benzene rings is 1. The average Bonchev–Trinajstić information content (AvgIpc) is 2.68. The van der Waals surface area contributed by atoms with E-state index in [1.165, 1.54) is 6.08 Å². The highest BCUT2D eigenvalue weighted by molar-refractivity contribution is 6.43. The van der Waals surface area contributed by atoms with Gasteiger partial charge in [-0.25, -0.2) is 0 Å². The molecule has 0 saturated carbocycles. The quantitative estimate of drug-likeness (QED) is 0.496. The van der Waals surface area contributed by atoms with Crippen LogP contribution in [0.1, 0.15) is 78.0 Å². The lowest BCUT2D eigenvalue weighted by molar-refractivity contribution is -0.137. The molecule has 1 unspecified atom stereocenters. The number of aromatic hydroxyl groups is 1. The van der Waals surface area contributed by atoms with Crippen LogP contribution < -0.4 is 5.32 Å². The van der Waals surface area contributed by atoms with Crippen LogP contribution in [0.4, 0.5) is 0 Å². The van der Waals surface area contributed by atoms with Crippen LogP contribution in [-0.4, -0.2) is 46.6 Å². The molecule has 1 amide bonds. The van der Waals surface area contributed by atoms with Gasteiger partial charge in [-0.1, -0.05) is 53.7 Å². The zero-order valence-electron chi connectivity index (χ0n) is 20.5. The highest BCUT2D eigenvalue weighted by Crippen LogP contribution is 2.39. The van der Waals surface area contributed by atoms with Gasteiger partial charge in [-0.15, -0.1) is 0 Å². The van der Waals surface area contributed by atoms with Gasteiger partial charge in [-0.3, -0.25) is 14.4 Å². The molecule has 0 fully saturated rings. The van der Waals surface area contributed by atoms with Crippen LogP contribution in [0, 0.1) is 0 Å². The van der Waals surface area contributed by atoms with Gasteiger partial charge >= 0.3 is 0 Å². The second kappa shape index (κ2) is 9.88. The van der Waals surface area contributed by atoms with Crippen LogP contribution in [0.25, 0.3) is 0 Å². The first-order chi connectivity index (χ1) is 14.7. The molecule has 2 rings (SSSR count). The third kappa shape index (κ3) is 6.44. The summed E-state index contributed by atoms with van der Waals surface area (Å²) in [6, 6.07) is 3.63. The van der Waals surface area contributed by atoms with Crippen LogP contribution in [0.5, 0.6) is 5.75 Å². The van der Waals surface area contributed by atoms with Gasteiger partial charge in [0.2, 0.25) is 17.5 Å². The molecule has 1 aliphatic heterocycles. The summed E-state index contributed by atoms with van der Waals surface area (Å²) in [6.45, 7) is 15.2. The fraction of sp³-hybridized carbons (Fsp3) is 0.577. The highest BCUT2D eigenvalue weighted by Gasteiger charge is 2.28. The molecule has 32 heavy (non-hydrogen) atoms. The Hall–Kier alpha value is -2.63. The number of carbonyl (C=O) groups is 3. The van der Waals surface area contributed by atoms with E-state index in [-0.39, 0.29) is 23.2 Å². The molecule has 1 aromatic rings. The first-order valence-electron chi connectivity index (χ1n) is 11.4. The molecule has 0 aliphatic carbocycles. The van der Waals surface area contributed by atoms with E-state index in [0.29, 0.717) is 18.8 Å². The number of ketones is 2. The summed E-state index contributed by atoms with van der Waals surface area (Å²) >= 11 is 0. The lowest BCUT2D eigenvalue weighted by Crippen LogP contribution is -2.43. The van der Waals surface area contributed by atoms with Crippen molar-refractivity contribution >= 4 is 17.5 Å². The molecule has 1 aliphatic rings. The summed E-state index contributed by atoms with van der Waals surface area (Å²) in [5.41, 5.74) is 2.71. The lowest BCUT2D eigenvalue weighted by atomic mass is 9.78. The zero-order chi connectivity index (χ0) is 24.3. The Bertz CT molecular complexity index is 868. The van der Waals surface area contributed by atoms with Crippen molar-refractivity contribution in [2.45, 2.75) is 84.6 Å². The van der Waals surface area contributed by atoms with Gasteiger partial charge in [-0.2, -0.15) is 0 Å². The molecule has 1 heterocycles. The van der Waals surface area contributed by atoms with E-state index in [2.05, 4.69) is 59.0 Å². The number of phenolic OH excluding ortho intramolecular Hbond substituents is 1. The van der Waals surface area contributed by atoms with E-state index in [1.54, 1.807) is 18.0 Å². The van der Waals surface area contributed by atoms with E-state index >= 15 is 0 Å². The van der Waals surface area contributed by atoms with Crippen LogP contribution in [-0.2, 0) is 31.6 Å². The van der Waals surface area contributed by atoms with Gasteiger partial charge in [0.05, 0.1) is 6.04 Å². The minimum absolute atomic E-state index is 0.0774. The zero-order valence-corrected chi connectivity index (χ0v) is 20.5. The van der Waals surface area contributed by atoms with Crippen molar-refractivity contribution in [1.29, 1.82) is 0 Å². The molecule has 0 radical (unpaired) electrons. The van der Waals surface area contributed by atoms with Crippen molar-refractivity contribution in [2.24, 2.45) is 0 Å². The van der Waals surface area contributed by atoms with Gasteiger partial charge < -0.3 is 15.3 Å². The number of amides is 1. The van der Waals surface area contributed by atoms with Crippen molar-refractivity contribution in [2.75, 3.05) is 13.1 Å². The minimum atomic E-state index is -0.524. The number of allylic oxidation sites excluding steroid dienone is 1. The number of nitrogens with one attached hydrogen (secondary N) is 1. The van der Waals surface area contributed by atoms with Gasteiger partial charge in [0.25, 0.3) is 0 Å². The first kappa shape index (κ1) is 25.6. The number of carbonyl (C=O) groups excluding carboxylic acids is 3. The lowest BCUT2D eigenvalue weighted by Gasteiger charge is -2.28. The van der Waals surface area contributed by atoms with Gasteiger partial charge in [-0.05, 0) is 47.3 Å². The van der Waals surface area contributed by atoms with Crippen LogP contribution in [0.2, 0.25) is 0 Å². The maximum absolute atomic E-state index is 12.2. The van der Waals surface area contributed by atoms with E-state index in [0.717, 1.165) is 29.5 Å². The molecule has 2 N–H and O–H groups in total. The molecule has 176 valence electrons. The Balaban J connectivity index is 1.91. The Morgan fingerprint density at radius 1 is 1.06 bits per heavy atom. The third-order valence-corrected chi connectivity index (χ3v) is 5.88. The first-order valence-corrected chi connectivity index (χ1v) is 11.4. The van der Waals surface area contributed by atoms with Crippen molar-refractivity contribution in [3.8, 4) is 5.75 Å². The molecule has 0 aromatic heterocycles. The summed E-state index contributed by atoms with van der Waals surface area (Å²) in [7, 11) is 0. The summed E-state index contributed by atoms with van der Waals surface area (Å²) < 4.78 is 0. The SMILES string of the molecule is CC1C(=O)C(=O)C=CN1CCC(=O)NCCCc1cc(C(C)(C)C)c(O)c(C(C)(C)C)c1. The van der Waals surface area contributed by atoms with Crippen molar-refractivity contribution in [3.63, 3.8) is 0 Å². The van der Waals surface area contributed by atoms with Crippen molar-refractivity contribution < 1.29 is 19.5 Å². The van der Waals surface area contributed by atoms with Crippen molar-refractivity contribution in [1.82, 2.24) is 10.2 Å². The normalized spacial score (nSPS) is 17.1. The Morgan fingerprint density at radius 3 is 2.16 bits per heavy atom. The molecule has 0 bridgehead atoms. The Kier molecular flexibility index (Phi) is 7.92. The highest BCUT2D eigenvalue weighted by atomic mass is 16.3. The smallest absolute Gasteiger partial charge is 0.225 e. The summed E-state index contributed by atoms with van der Waals surface area (Å²) in [5, 5.41) is 13.8. The number of rotatable bonds is 7. The number of nitrogens with zero attached hydrogens (tertiary/aromatic N) is 1. The van der Waals surface area contributed by atoms with Crippen LogP contribution >= 0.6 is 0 Å². The van der Waals surface area contributed by atoms with Crippen LogP contribution in [0.15, 0.2) is 24.4 Å². The monoisotopic (exact) mass is 442 g/mol. The molecule has 6 nitrogen and oxygen atoms in total.